The largest absolute Gasteiger partial charge is 0.383 e. The standard InChI is InChI=1S/C13H13BrIN3O/c1-19-7-10-12(15)13(16)18-11(17-10)6-8-2-4-9(14)5-3-8/h2-5H,6-7H2,1H3,(H2,16,17,18). The molecule has 1 heterocycles. The Morgan fingerprint density at radius 2 is 1.95 bits per heavy atom. The molecule has 2 N–H and O–H groups in total. The van der Waals surface area contributed by atoms with Crippen LogP contribution in [-0.4, -0.2) is 17.1 Å². The highest BCUT2D eigenvalue weighted by atomic mass is 127. The summed E-state index contributed by atoms with van der Waals surface area (Å²) in [5.41, 5.74) is 7.89. The molecule has 0 unspecified atom stereocenters. The van der Waals surface area contributed by atoms with Crippen molar-refractivity contribution in [2.75, 3.05) is 12.8 Å². The van der Waals surface area contributed by atoms with Gasteiger partial charge in [0.05, 0.1) is 15.9 Å². The molecule has 0 radical (unpaired) electrons. The van der Waals surface area contributed by atoms with Crippen LogP contribution >= 0.6 is 38.5 Å². The van der Waals surface area contributed by atoms with E-state index in [9.17, 15) is 0 Å². The van der Waals surface area contributed by atoms with Crippen LogP contribution in [0.3, 0.4) is 0 Å². The predicted octanol–water partition coefficient (Wildman–Crippen LogP) is 3.16. The Labute approximate surface area is 134 Å². The number of anilines is 1. The second kappa shape index (κ2) is 6.62. The third-order valence-electron chi connectivity index (χ3n) is 2.55. The Kier molecular flexibility index (Phi) is 5.12. The lowest BCUT2D eigenvalue weighted by Gasteiger charge is -2.08. The van der Waals surface area contributed by atoms with Crippen LogP contribution in [0.1, 0.15) is 17.1 Å². The van der Waals surface area contributed by atoms with E-state index < -0.39 is 0 Å². The maximum atomic E-state index is 5.91. The van der Waals surface area contributed by atoms with Gasteiger partial charge in [0.15, 0.2) is 0 Å². The molecule has 0 amide bonds. The molecule has 0 atom stereocenters. The number of hydrogen-bond donors (Lipinski definition) is 1. The van der Waals surface area contributed by atoms with Gasteiger partial charge in [-0.1, -0.05) is 28.1 Å². The average molecular weight is 434 g/mol. The van der Waals surface area contributed by atoms with E-state index in [1.54, 1.807) is 7.11 Å². The third kappa shape index (κ3) is 3.87. The van der Waals surface area contributed by atoms with E-state index in [-0.39, 0.29) is 0 Å². The van der Waals surface area contributed by atoms with Crippen LogP contribution in [0.15, 0.2) is 28.7 Å². The molecule has 4 nitrogen and oxygen atoms in total. The van der Waals surface area contributed by atoms with E-state index in [2.05, 4.69) is 48.5 Å². The van der Waals surface area contributed by atoms with Gasteiger partial charge in [0.1, 0.15) is 11.6 Å². The third-order valence-corrected chi connectivity index (χ3v) is 4.25. The maximum absolute atomic E-state index is 5.91. The summed E-state index contributed by atoms with van der Waals surface area (Å²) in [6, 6.07) is 8.08. The van der Waals surface area contributed by atoms with Crippen molar-refractivity contribution in [3.63, 3.8) is 0 Å². The topological polar surface area (TPSA) is 61.0 Å². The summed E-state index contributed by atoms with van der Waals surface area (Å²) in [6.07, 6.45) is 0.658. The number of hydrogen-bond acceptors (Lipinski definition) is 4. The molecular weight excluding hydrogens is 421 g/mol. The van der Waals surface area contributed by atoms with Gasteiger partial charge in [-0.15, -0.1) is 0 Å². The highest BCUT2D eigenvalue weighted by Crippen LogP contribution is 2.19. The summed E-state index contributed by atoms with van der Waals surface area (Å²) >= 11 is 5.56. The first kappa shape index (κ1) is 14.7. The number of nitrogens with zero attached hydrogens (tertiary/aromatic N) is 2. The Bertz CT molecular complexity index is 575. The number of methoxy groups -OCH3 is 1. The first-order valence-electron chi connectivity index (χ1n) is 5.64. The van der Waals surface area contributed by atoms with E-state index in [0.29, 0.717) is 24.7 Å². The summed E-state index contributed by atoms with van der Waals surface area (Å²) in [6.45, 7) is 0.443. The first-order chi connectivity index (χ1) is 9.10. The molecule has 0 aliphatic heterocycles. The molecule has 2 aromatic rings. The fourth-order valence-electron chi connectivity index (χ4n) is 1.66. The Hall–Kier alpha value is -0.730. The van der Waals surface area contributed by atoms with Crippen molar-refractivity contribution in [1.29, 1.82) is 0 Å². The van der Waals surface area contributed by atoms with Gasteiger partial charge in [-0.05, 0) is 40.3 Å². The minimum atomic E-state index is 0.443. The number of ether oxygens (including phenoxy) is 1. The van der Waals surface area contributed by atoms with Gasteiger partial charge in [-0.2, -0.15) is 0 Å². The summed E-state index contributed by atoms with van der Waals surface area (Å²) in [5.74, 6) is 1.22. The summed E-state index contributed by atoms with van der Waals surface area (Å²) in [7, 11) is 1.64. The summed E-state index contributed by atoms with van der Waals surface area (Å²) in [4.78, 5) is 8.83. The van der Waals surface area contributed by atoms with Crippen molar-refractivity contribution in [2.24, 2.45) is 0 Å². The van der Waals surface area contributed by atoms with E-state index in [0.717, 1.165) is 19.3 Å². The van der Waals surface area contributed by atoms with Crippen LogP contribution in [0.2, 0.25) is 0 Å². The zero-order chi connectivity index (χ0) is 13.8. The molecule has 1 aromatic heterocycles. The van der Waals surface area contributed by atoms with Gasteiger partial charge in [-0.25, -0.2) is 9.97 Å². The van der Waals surface area contributed by atoms with Gasteiger partial charge >= 0.3 is 0 Å². The first-order valence-corrected chi connectivity index (χ1v) is 7.51. The fourth-order valence-corrected chi connectivity index (χ4v) is 2.32. The molecule has 2 rings (SSSR count). The van der Waals surface area contributed by atoms with Crippen LogP contribution in [0.25, 0.3) is 0 Å². The van der Waals surface area contributed by atoms with Gasteiger partial charge in [0.25, 0.3) is 0 Å². The Morgan fingerprint density at radius 3 is 2.58 bits per heavy atom. The normalized spacial score (nSPS) is 10.7. The number of nitrogens with two attached hydrogens (primary N) is 1. The van der Waals surface area contributed by atoms with Gasteiger partial charge < -0.3 is 10.5 Å². The molecule has 0 aliphatic rings. The molecule has 0 bridgehead atoms. The fraction of sp³-hybridized carbons (Fsp3) is 0.231. The van der Waals surface area contributed by atoms with Crippen LogP contribution in [0.4, 0.5) is 5.82 Å². The molecule has 0 fully saturated rings. The van der Waals surface area contributed by atoms with Gasteiger partial charge in [-0.3, -0.25) is 0 Å². The monoisotopic (exact) mass is 433 g/mol. The number of nitrogen functional groups attached to an aromatic ring is 1. The highest BCUT2D eigenvalue weighted by Gasteiger charge is 2.10. The van der Waals surface area contributed by atoms with Gasteiger partial charge in [0, 0.05) is 18.0 Å². The number of aromatic nitrogens is 2. The lowest BCUT2D eigenvalue weighted by atomic mass is 10.1. The number of halogens is 2. The molecule has 0 spiro atoms. The van der Waals surface area contributed by atoms with E-state index in [4.69, 9.17) is 10.5 Å². The lowest BCUT2D eigenvalue weighted by Crippen LogP contribution is -2.08. The summed E-state index contributed by atoms with van der Waals surface area (Å²) in [5, 5.41) is 0. The molecule has 0 saturated heterocycles. The number of rotatable bonds is 4. The second-order valence-corrected chi connectivity index (χ2v) is 6.02. The van der Waals surface area contributed by atoms with Crippen molar-refractivity contribution in [1.82, 2.24) is 9.97 Å². The molecule has 0 aliphatic carbocycles. The van der Waals surface area contributed by atoms with E-state index >= 15 is 0 Å². The molecular formula is C13H13BrIN3O. The Morgan fingerprint density at radius 1 is 1.26 bits per heavy atom. The quantitative estimate of drug-likeness (QED) is 0.752. The molecule has 6 heteroatoms. The van der Waals surface area contributed by atoms with Crippen molar-refractivity contribution < 1.29 is 4.74 Å². The zero-order valence-electron chi connectivity index (χ0n) is 10.4. The minimum absolute atomic E-state index is 0.443. The van der Waals surface area contributed by atoms with Crippen molar-refractivity contribution in [3.8, 4) is 0 Å². The lowest BCUT2D eigenvalue weighted by molar-refractivity contribution is 0.180. The van der Waals surface area contributed by atoms with Crippen molar-refractivity contribution in [3.05, 3.63) is 49.4 Å². The summed E-state index contributed by atoms with van der Waals surface area (Å²) < 4.78 is 7.04. The van der Waals surface area contributed by atoms with Crippen LogP contribution in [-0.2, 0) is 17.8 Å². The van der Waals surface area contributed by atoms with Crippen LogP contribution < -0.4 is 5.73 Å². The maximum Gasteiger partial charge on any atom is 0.141 e. The van der Waals surface area contributed by atoms with Gasteiger partial charge in [0.2, 0.25) is 0 Å². The zero-order valence-corrected chi connectivity index (χ0v) is 14.1. The number of benzene rings is 1. The average Bonchev–Trinajstić information content (AvgIpc) is 2.38. The minimum Gasteiger partial charge on any atom is -0.383 e. The molecule has 19 heavy (non-hydrogen) atoms. The second-order valence-electron chi connectivity index (χ2n) is 4.02. The van der Waals surface area contributed by atoms with Crippen LogP contribution in [0.5, 0.6) is 0 Å². The van der Waals surface area contributed by atoms with E-state index in [1.165, 1.54) is 0 Å². The van der Waals surface area contributed by atoms with Crippen LogP contribution in [0, 0.1) is 3.57 Å². The highest BCUT2D eigenvalue weighted by molar-refractivity contribution is 14.1. The van der Waals surface area contributed by atoms with E-state index in [1.807, 2.05) is 24.3 Å². The Balaban J connectivity index is 2.27. The smallest absolute Gasteiger partial charge is 0.141 e. The SMILES string of the molecule is COCc1nc(Cc2ccc(Br)cc2)nc(N)c1I. The van der Waals surface area contributed by atoms with Crippen molar-refractivity contribution >= 4 is 44.3 Å². The molecule has 0 saturated carbocycles. The molecule has 1 aromatic carbocycles. The predicted molar refractivity (Wildman–Crippen MR) is 86.8 cm³/mol. The molecule has 100 valence electrons. The van der Waals surface area contributed by atoms with Crippen molar-refractivity contribution in [2.45, 2.75) is 13.0 Å².